The van der Waals surface area contributed by atoms with Gasteiger partial charge >= 0.3 is 5.97 Å². The SMILES string of the molecule is CCOC(=O)C1C2CN(Cc3ccc4c(c3)Nc3nccnc3S4)CC21. The summed E-state index contributed by atoms with van der Waals surface area (Å²) in [6, 6.07) is 6.53. The molecule has 7 heteroatoms. The minimum Gasteiger partial charge on any atom is -0.466 e. The summed E-state index contributed by atoms with van der Waals surface area (Å²) in [4.78, 5) is 24.2. The number of carbonyl (C=O) groups excluding carboxylic acids is 1. The van der Waals surface area contributed by atoms with E-state index in [0.29, 0.717) is 18.4 Å². The summed E-state index contributed by atoms with van der Waals surface area (Å²) in [5.41, 5.74) is 2.37. The van der Waals surface area contributed by atoms with Gasteiger partial charge in [0.2, 0.25) is 0 Å². The molecule has 2 aliphatic heterocycles. The third-order valence-electron chi connectivity index (χ3n) is 5.40. The van der Waals surface area contributed by atoms with Crippen LogP contribution in [-0.4, -0.2) is 40.5 Å². The second-order valence-electron chi connectivity index (χ2n) is 7.07. The Hall–Kier alpha value is -2.12. The average molecular weight is 368 g/mol. The van der Waals surface area contributed by atoms with Gasteiger partial charge in [0.05, 0.1) is 18.2 Å². The Balaban J connectivity index is 1.23. The first kappa shape index (κ1) is 16.1. The third kappa shape index (κ3) is 2.75. The number of nitrogens with zero attached hydrogens (tertiary/aromatic N) is 3. The molecule has 1 N–H and O–H groups in total. The van der Waals surface area contributed by atoms with Crippen molar-refractivity contribution in [3.05, 3.63) is 36.2 Å². The Bertz CT molecular complexity index is 862. The number of ether oxygens (including phenoxy) is 1. The topological polar surface area (TPSA) is 67.3 Å². The Morgan fingerprint density at radius 3 is 2.92 bits per heavy atom. The molecule has 1 aromatic carbocycles. The highest BCUT2D eigenvalue weighted by molar-refractivity contribution is 7.99. The molecule has 2 unspecified atom stereocenters. The first-order valence-electron chi connectivity index (χ1n) is 9.00. The second-order valence-corrected chi connectivity index (χ2v) is 8.10. The van der Waals surface area contributed by atoms with Gasteiger partial charge in [-0.2, -0.15) is 0 Å². The standard InChI is InChI=1S/C19H20N4O2S/c1-2-25-19(24)16-12-9-23(10-13(12)16)8-11-3-4-15-14(7-11)22-17-18(26-15)21-6-5-20-17/h3-7,12-13,16H,2,8-10H2,1H3,(H,20,22). The smallest absolute Gasteiger partial charge is 0.309 e. The zero-order chi connectivity index (χ0) is 17.7. The van der Waals surface area contributed by atoms with Crippen molar-refractivity contribution < 1.29 is 9.53 Å². The molecule has 134 valence electrons. The number of piperidine rings is 1. The lowest BCUT2D eigenvalue weighted by atomic mass is 10.1. The monoisotopic (exact) mass is 368 g/mol. The van der Waals surface area contributed by atoms with Crippen LogP contribution < -0.4 is 5.32 Å². The molecule has 1 saturated heterocycles. The maximum Gasteiger partial charge on any atom is 0.309 e. The zero-order valence-corrected chi connectivity index (χ0v) is 15.3. The van der Waals surface area contributed by atoms with Crippen molar-refractivity contribution in [1.29, 1.82) is 0 Å². The molecule has 3 heterocycles. The van der Waals surface area contributed by atoms with Gasteiger partial charge in [-0.1, -0.05) is 17.8 Å². The first-order chi connectivity index (χ1) is 12.7. The van der Waals surface area contributed by atoms with E-state index in [-0.39, 0.29) is 11.9 Å². The molecule has 0 bridgehead atoms. The van der Waals surface area contributed by atoms with Crippen LogP contribution in [0.4, 0.5) is 11.5 Å². The number of anilines is 2. The van der Waals surface area contributed by atoms with Crippen LogP contribution in [0.3, 0.4) is 0 Å². The van der Waals surface area contributed by atoms with Gasteiger partial charge in [-0.25, -0.2) is 9.97 Å². The van der Waals surface area contributed by atoms with Crippen LogP contribution in [0, 0.1) is 17.8 Å². The van der Waals surface area contributed by atoms with Crippen molar-refractivity contribution in [3.63, 3.8) is 0 Å². The summed E-state index contributed by atoms with van der Waals surface area (Å²) >= 11 is 1.65. The molecule has 0 spiro atoms. The van der Waals surface area contributed by atoms with Gasteiger partial charge in [0.25, 0.3) is 0 Å². The number of hydrogen-bond donors (Lipinski definition) is 1. The molecule has 3 aliphatic rings. The van der Waals surface area contributed by atoms with Crippen LogP contribution >= 0.6 is 11.8 Å². The van der Waals surface area contributed by atoms with E-state index in [9.17, 15) is 4.79 Å². The highest BCUT2D eigenvalue weighted by atomic mass is 32.2. The van der Waals surface area contributed by atoms with E-state index in [2.05, 4.69) is 38.4 Å². The van der Waals surface area contributed by atoms with Crippen LogP contribution in [-0.2, 0) is 16.1 Å². The highest BCUT2D eigenvalue weighted by Gasteiger charge is 2.60. The number of carbonyl (C=O) groups is 1. The minimum atomic E-state index is -0.00284. The summed E-state index contributed by atoms with van der Waals surface area (Å²) in [5, 5.41) is 4.30. The number of aromatic nitrogens is 2. The van der Waals surface area contributed by atoms with E-state index >= 15 is 0 Å². The fourth-order valence-corrected chi connectivity index (χ4v) is 5.05. The van der Waals surface area contributed by atoms with Gasteiger partial charge in [-0.3, -0.25) is 9.69 Å². The number of hydrogen-bond acceptors (Lipinski definition) is 7. The van der Waals surface area contributed by atoms with Crippen LogP contribution in [0.15, 0.2) is 40.5 Å². The molecule has 2 fully saturated rings. The molecule has 6 nitrogen and oxygen atoms in total. The Morgan fingerprint density at radius 1 is 1.31 bits per heavy atom. The fourth-order valence-electron chi connectivity index (χ4n) is 4.17. The quantitative estimate of drug-likeness (QED) is 0.710. The maximum atomic E-state index is 11.9. The molecule has 1 aliphatic carbocycles. The minimum absolute atomic E-state index is 0.00284. The van der Waals surface area contributed by atoms with Gasteiger partial charge in [0, 0.05) is 36.9 Å². The van der Waals surface area contributed by atoms with Gasteiger partial charge in [-0.15, -0.1) is 0 Å². The van der Waals surface area contributed by atoms with Crippen molar-refractivity contribution >= 4 is 29.2 Å². The maximum absolute atomic E-state index is 11.9. The highest BCUT2D eigenvalue weighted by Crippen LogP contribution is 2.52. The largest absolute Gasteiger partial charge is 0.466 e. The number of benzene rings is 1. The van der Waals surface area contributed by atoms with Crippen molar-refractivity contribution in [2.24, 2.45) is 17.8 Å². The van der Waals surface area contributed by atoms with Crippen molar-refractivity contribution in [1.82, 2.24) is 14.9 Å². The van der Waals surface area contributed by atoms with E-state index in [1.54, 1.807) is 24.2 Å². The molecule has 5 rings (SSSR count). The second kappa shape index (κ2) is 6.25. The Labute approximate surface area is 156 Å². The number of likely N-dealkylation sites (tertiary alicyclic amines) is 1. The molecular weight excluding hydrogens is 348 g/mol. The molecule has 26 heavy (non-hydrogen) atoms. The lowest BCUT2D eigenvalue weighted by molar-refractivity contribution is -0.145. The van der Waals surface area contributed by atoms with Gasteiger partial charge < -0.3 is 10.1 Å². The molecule has 0 amide bonds. The lowest BCUT2D eigenvalue weighted by Crippen LogP contribution is -2.26. The Kier molecular flexibility index (Phi) is 3.86. The van der Waals surface area contributed by atoms with Crippen molar-refractivity contribution in [2.75, 3.05) is 25.0 Å². The molecule has 1 saturated carbocycles. The van der Waals surface area contributed by atoms with E-state index in [4.69, 9.17) is 4.74 Å². The summed E-state index contributed by atoms with van der Waals surface area (Å²) in [5.74, 6) is 1.94. The first-order valence-corrected chi connectivity index (χ1v) is 9.82. The van der Waals surface area contributed by atoms with Crippen molar-refractivity contribution in [3.8, 4) is 0 Å². The van der Waals surface area contributed by atoms with Crippen LogP contribution in [0.2, 0.25) is 0 Å². The van der Waals surface area contributed by atoms with Gasteiger partial charge in [0.1, 0.15) is 5.03 Å². The molecule has 0 radical (unpaired) electrons. The van der Waals surface area contributed by atoms with Crippen LogP contribution in [0.1, 0.15) is 12.5 Å². The summed E-state index contributed by atoms with van der Waals surface area (Å²) in [6.45, 7) is 5.24. The average Bonchev–Trinajstić information content (AvgIpc) is 3.16. The predicted octanol–water partition coefficient (Wildman–Crippen LogP) is 2.93. The number of fused-ring (bicyclic) bond motifs is 3. The molecule has 2 atom stereocenters. The molecule has 2 aromatic rings. The molecule has 1 aromatic heterocycles. The summed E-state index contributed by atoms with van der Waals surface area (Å²) in [6.07, 6.45) is 3.42. The van der Waals surface area contributed by atoms with E-state index in [0.717, 1.165) is 36.2 Å². The predicted molar refractivity (Wildman–Crippen MR) is 98.3 cm³/mol. The summed E-state index contributed by atoms with van der Waals surface area (Å²) < 4.78 is 5.17. The van der Waals surface area contributed by atoms with Gasteiger partial charge in [0.15, 0.2) is 5.82 Å². The lowest BCUT2D eigenvalue weighted by Gasteiger charge is -2.22. The van der Waals surface area contributed by atoms with Crippen LogP contribution in [0.25, 0.3) is 0 Å². The number of rotatable bonds is 4. The van der Waals surface area contributed by atoms with E-state index in [1.165, 1.54) is 10.5 Å². The van der Waals surface area contributed by atoms with E-state index in [1.807, 2.05) is 6.92 Å². The van der Waals surface area contributed by atoms with E-state index < -0.39 is 0 Å². The Morgan fingerprint density at radius 2 is 2.12 bits per heavy atom. The third-order valence-corrected chi connectivity index (χ3v) is 6.47. The number of nitrogens with one attached hydrogen (secondary N) is 1. The number of esters is 1. The zero-order valence-electron chi connectivity index (χ0n) is 14.5. The van der Waals surface area contributed by atoms with Crippen molar-refractivity contribution in [2.45, 2.75) is 23.4 Å². The fraction of sp³-hybridized carbons (Fsp3) is 0.421. The normalized spacial score (nSPS) is 25.7. The van der Waals surface area contributed by atoms with Gasteiger partial charge in [-0.05, 0) is 36.5 Å². The molecular formula is C19H20N4O2S. The summed E-state index contributed by atoms with van der Waals surface area (Å²) in [7, 11) is 0. The van der Waals surface area contributed by atoms with Crippen LogP contribution in [0.5, 0.6) is 0 Å².